The van der Waals surface area contributed by atoms with E-state index in [0.717, 1.165) is 5.56 Å². The Labute approximate surface area is 124 Å². The topological polar surface area (TPSA) is 77.8 Å². The molecule has 1 saturated carbocycles. The molecule has 2 atom stereocenters. The fourth-order valence-electron chi connectivity index (χ4n) is 2.95. The van der Waals surface area contributed by atoms with Crippen molar-refractivity contribution in [2.75, 3.05) is 13.2 Å². The number of aliphatic carboxylic acids is 1. The molecular formula is C16H21NO4. The van der Waals surface area contributed by atoms with E-state index in [1.54, 1.807) is 18.7 Å². The summed E-state index contributed by atoms with van der Waals surface area (Å²) >= 11 is 0. The minimum Gasteiger partial charge on any atom is -0.481 e. The van der Waals surface area contributed by atoms with Crippen molar-refractivity contribution in [3.8, 4) is 0 Å². The van der Waals surface area contributed by atoms with Crippen LogP contribution in [0.4, 0.5) is 0 Å². The Morgan fingerprint density at radius 3 is 2.29 bits per heavy atom. The number of carboxylic acid groups (broad SMARTS) is 1. The first-order chi connectivity index (χ1) is 9.89. The van der Waals surface area contributed by atoms with Gasteiger partial charge in [0.05, 0.1) is 18.4 Å². The Morgan fingerprint density at radius 1 is 1.19 bits per heavy atom. The standard InChI is InChI=1S/C16H21NO4/c1-16(2)12(13(16)15(20)21)14(19)17(8-9-18)10-11-6-4-3-5-7-11/h3-7,12-13,18H,8-10H2,1-2H3,(H,20,21). The van der Waals surface area contributed by atoms with E-state index in [9.17, 15) is 14.7 Å². The number of nitrogens with zero attached hydrogens (tertiary/aromatic N) is 1. The van der Waals surface area contributed by atoms with Crippen molar-refractivity contribution in [1.29, 1.82) is 0 Å². The number of benzene rings is 1. The van der Waals surface area contributed by atoms with E-state index in [1.807, 2.05) is 30.3 Å². The van der Waals surface area contributed by atoms with Crippen LogP contribution in [0, 0.1) is 17.3 Å². The Hall–Kier alpha value is -1.88. The van der Waals surface area contributed by atoms with Gasteiger partial charge in [0.15, 0.2) is 0 Å². The zero-order valence-electron chi connectivity index (χ0n) is 12.3. The van der Waals surface area contributed by atoms with Gasteiger partial charge in [0.25, 0.3) is 0 Å². The molecule has 2 rings (SSSR count). The molecule has 1 amide bonds. The summed E-state index contributed by atoms with van der Waals surface area (Å²) in [6.45, 7) is 4.07. The predicted molar refractivity (Wildman–Crippen MR) is 77.3 cm³/mol. The number of hydrogen-bond acceptors (Lipinski definition) is 3. The van der Waals surface area contributed by atoms with Gasteiger partial charge in [-0.15, -0.1) is 0 Å². The lowest BCUT2D eigenvalue weighted by Crippen LogP contribution is -2.35. The number of hydrogen-bond donors (Lipinski definition) is 2. The van der Waals surface area contributed by atoms with Crippen molar-refractivity contribution < 1.29 is 19.8 Å². The molecule has 0 aliphatic heterocycles. The van der Waals surface area contributed by atoms with Gasteiger partial charge in [-0.3, -0.25) is 9.59 Å². The van der Waals surface area contributed by atoms with Gasteiger partial charge in [-0.2, -0.15) is 0 Å². The van der Waals surface area contributed by atoms with Crippen LogP contribution in [0.3, 0.4) is 0 Å². The van der Waals surface area contributed by atoms with E-state index in [2.05, 4.69) is 0 Å². The second kappa shape index (κ2) is 5.85. The van der Waals surface area contributed by atoms with Crippen LogP contribution >= 0.6 is 0 Å². The highest BCUT2D eigenvalue weighted by atomic mass is 16.4. The number of carbonyl (C=O) groups excluding carboxylic acids is 1. The van der Waals surface area contributed by atoms with E-state index in [1.165, 1.54) is 0 Å². The summed E-state index contributed by atoms with van der Waals surface area (Å²) in [5.41, 5.74) is 0.442. The van der Waals surface area contributed by atoms with Gasteiger partial charge in [-0.05, 0) is 11.0 Å². The van der Waals surface area contributed by atoms with Crippen molar-refractivity contribution in [3.05, 3.63) is 35.9 Å². The molecule has 1 aliphatic rings. The number of aliphatic hydroxyl groups excluding tert-OH is 1. The largest absolute Gasteiger partial charge is 0.481 e. The summed E-state index contributed by atoms with van der Waals surface area (Å²) in [7, 11) is 0. The average molecular weight is 291 g/mol. The van der Waals surface area contributed by atoms with Crippen molar-refractivity contribution in [2.45, 2.75) is 20.4 Å². The molecule has 21 heavy (non-hydrogen) atoms. The fraction of sp³-hybridized carbons (Fsp3) is 0.500. The maximum Gasteiger partial charge on any atom is 0.307 e. The van der Waals surface area contributed by atoms with Crippen LogP contribution in [0.2, 0.25) is 0 Å². The summed E-state index contributed by atoms with van der Waals surface area (Å²) in [4.78, 5) is 25.3. The summed E-state index contributed by atoms with van der Waals surface area (Å²) in [6, 6.07) is 9.48. The van der Waals surface area contributed by atoms with Crippen molar-refractivity contribution in [1.82, 2.24) is 4.90 Å². The molecule has 5 nitrogen and oxygen atoms in total. The molecule has 0 spiro atoms. The quantitative estimate of drug-likeness (QED) is 0.829. The summed E-state index contributed by atoms with van der Waals surface area (Å²) < 4.78 is 0. The van der Waals surface area contributed by atoms with E-state index < -0.39 is 23.2 Å². The van der Waals surface area contributed by atoms with Gasteiger partial charge in [-0.1, -0.05) is 44.2 Å². The molecule has 1 fully saturated rings. The van der Waals surface area contributed by atoms with E-state index >= 15 is 0 Å². The Bertz CT molecular complexity index is 526. The third kappa shape index (κ3) is 3.08. The molecule has 5 heteroatoms. The molecule has 1 aromatic rings. The highest BCUT2D eigenvalue weighted by Gasteiger charge is 2.66. The molecule has 0 aromatic heterocycles. The molecule has 0 radical (unpaired) electrons. The van der Waals surface area contributed by atoms with Gasteiger partial charge in [0, 0.05) is 13.1 Å². The van der Waals surface area contributed by atoms with Gasteiger partial charge in [0.2, 0.25) is 5.91 Å². The minimum absolute atomic E-state index is 0.135. The lowest BCUT2D eigenvalue weighted by atomic mass is 10.1. The number of carbonyl (C=O) groups is 2. The second-order valence-corrected chi connectivity index (χ2v) is 6.08. The van der Waals surface area contributed by atoms with Crippen LogP contribution in [-0.2, 0) is 16.1 Å². The number of amides is 1. The van der Waals surface area contributed by atoms with Crippen molar-refractivity contribution in [2.24, 2.45) is 17.3 Å². The SMILES string of the molecule is CC1(C)C(C(=O)O)C1C(=O)N(CCO)Cc1ccccc1. The smallest absolute Gasteiger partial charge is 0.307 e. The van der Waals surface area contributed by atoms with Crippen LogP contribution in [-0.4, -0.2) is 40.1 Å². The average Bonchev–Trinajstić information content (AvgIpc) is 3.02. The molecule has 0 bridgehead atoms. The predicted octanol–water partition coefficient (Wildman–Crippen LogP) is 1.36. The number of rotatable bonds is 6. The normalized spacial score (nSPS) is 22.6. The monoisotopic (exact) mass is 291 g/mol. The molecule has 2 N–H and O–H groups in total. The lowest BCUT2D eigenvalue weighted by Gasteiger charge is -2.22. The van der Waals surface area contributed by atoms with Crippen LogP contribution in [0.1, 0.15) is 19.4 Å². The molecule has 0 saturated heterocycles. The highest BCUT2D eigenvalue weighted by molar-refractivity contribution is 5.91. The van der Waals surface area contributed by atoms with Crippen LogP contribution in [0.15, 0.2) is 30.3 Å². The summed E-state index contributed by atoms with van der Waals surface area (Å²) in [5, 5.41) is 18.4. The maximum atomic E-state index is 12.6. The first kappa shape index (κ1) is 15.5. The zero-order valence-corrected chi connectivity index (χ0v) is 12.3. The molecule has 0 heterocycles. The van der Waals surface area contributed by atoms with E-state index in [0.29, 0.717) is 6.54 Å². The molecule has 2 unspecified atom stereocenters. The highest BCUT2D eigenvalue weighted by Crippen LogP contribution is 2.59. The van der Waals surface area contributed by atoms with Gasteiger partial charge in [-0.25, -0.2) is 0 Å². The molecule has 1 aromatic carbocycles. The van der Waals surface area contributed by atoms with Crippen LogP contribution < -0.4 is 0 Å². The summed E-state index contributed by atoms with van der Waals surface area (Å²) in [6.07, 6.45) is 0. The first-order valence-electron chi connectivity index (χ1n) is 7.06. The Kier molecular flexibility index (Phi) is 4.32. The third-order valence-electron chi connectivity index (χ3n) is 4.26. The molecular weight excluding hydrogens is 270 g/mol. The third-order valence-corrected chi connectivity index (χ3v) is 4.26. The maximum absolute atomic E-state index is 12.6. The van der Waals surface area contributed by atoms with Gasteiger partial charge >= 0.3 is 5.97 Å². The Morgan fingerprint density at radius 2 is 1.81 bits per heavy atom. The number of carboxylic acids is 1. The van der Waals surface area contributed by atoms with Gasteiger partial charge < -0.3 is 15.1 Å². The van der Waals surface area contributed by atoms with Gasteiger partial charge in [0.1, 0.15) is 0 Å². The summed E-state index contributed by atoms with van der Waals surface area (Å²) in [5.74, 6) is -2.26. The lowest BCUT2D eigenvalue weighted by molar-refractivity contribution is -0.142. The van der Waals surface area contributed by atoms with E-state index in [4.69, 9.17) is 5.11 Å². The van der Waals surface area contributed by atoms with Crippen LogP contribution in [0.25, 0.3) is 0 Å². The van der Waals surface area contributed by atoms with Crippen molar-refractivity contribution >= 4 is 11.9 Å². The molecule has 114 valence electrons. The Balaban J connectivity index is 2.12. The van der Waals surface area contributed by atoms with E-state index in [-0.39, 0.29) is 19.1 Å². The molecule has 1 aliphatic carbocycles. The number of aliphatic hydroxyl groups is 1. The zero-order chi connectivity index (χ0) is 15.6. The second-order valence-electron chi connectivity index (χ2n) is 6.08. The van der Waals surface area contributed by atoms with Crippen molar-refractivity contribution in [3.63, 3.8) is 0 Å². The first-order valence-corrected chi connectivity index (χ1v) is 7.06. The van der Waals surface area contributed by atoms with Crippen LogP contribution in [0.5, 0.6) is 0 Å². The fourth-order valence-corrected chi connectivity index (χ4v) is 2.95. The minimum atomic E-state index is -0.929.